The fraction of sp³-hybridized carbons (Fsp3) is 0.545. The zero-order valence-electron chi connectivity index (χ0n) is 17.3. The third-order valence-corrected chi connectivity index (χ3v) is 9.86. The van der Waals surface area contributed by atoms with Gasteiger partial charge in [0.25, 0.3) is 5.91 Å². The molecule has 0 spiro atoms. The van der Waals surface area contributed by atoms with Crippen LogP contribution in [0.25, 0.3) is 0 Å². The van der Waals surface area contributed by atoms with Crippen molar-refractivity contribution in [1.82, 2.24) is 4.90 Å². The second kappa shape index (κ2) is 8.65. The number of alkyl halides is 2. The lowest BCUT2D eigenvalue weighted by molar-refractivity contribution is -0.149. The van der Waals surface area contributed by atoms with Crippen LogP contribution in [0.4, 0.5) is 5.69 Å². The van der Waals surface area contributed by atoms with E-state index in [1.807, 2.05) is 32.0 Å². The maximum atomic E-state index is 12.8. The van der Waals surface area contributed by atoms with E-state index in [9.17, 15) is 19.2 Å². The minimum atomic E-state index is -0.617. The number of carbonyl (C=O) groups excluding carboxylic acids is 4. The van der Waals surface area contributed by atoms with Gasteiger partial charge in [0, 0.05) is 21.9 Å². The molecule has 7 nitrogen and oxygen atoms in total. The number of nitrogens with zero attached hydrogens (tertiary/aromatic N) is 1. The number of benzene rings is 1. The highest BCUT2D eigenvalue weighted by Crippen LogP contribution is 2.60. The van der Waals surface area contributed by atoms with E-state index in [2.05, 4.69) is 37.2 Å². The fourth-order valence-electron chi connectivity index (χ4n) is 5.11. The van der Waals surface area contributed by atoms with Crippen molar-refractivity contribution < 1.29 is 23.9 Å². The molecule has 2 aliphatic carbocycles. The number of anilines is 1. The van der Waals surface area contributed by atoms with Gasteiger partial charge >= 0.3 is 5.97 Å². The summed E-state index contributed by atoms with van der Waals surface area (Å²) < 4.78 is 5.04. The van der Waals surface area contributed by atoms with Crippen molar-refractivity contribution in [3.63, 3.8) is 0 Å². The van der Waals surface area contributed by atoms with E-state index in [-0.39, 0.29) is 58.1 Å². The van der Waals surface area contributed by atoms with E-state index in [4.69, 9.17) is 4.74 Å². The van der Waals surface area contributed by atoms with Gasteiger partial charge < -0.3 is 10.1 Å². The maximum absolute atomic E-state index is 12.8. The lowest BCUT2D eigenvalue weighted by atomic mass is 9.81. The molecule has 2 bridgehead atoms. The van der Waals surface area contributed by atoms with E-state index in [0.717, 1.165) is 17.5 Å². The normalized spacial score (nSPS) is 31.2. The van der Waals surface area contributed by atoms with Crippen LogP contribution in [0.3, 0.4) is 0 Å². The average Bonchev–Trinajstić information content (AvgIpc) is 3.33. The highest BCUT2D eigenvalue weighted by atomic mass is 79.9. The number of esters is 1. The number of carbonyl (C=O) groups is 4. The topological polar surface area (TPSA) is 92.8 Å². The molecule has 0 aromatic heterocycles. The van der Waals surface area contributed by atoms with Gasteiger partial charge in [0.2, 0.25) is 11.8 Å². The first kappa shape index (κ1) is 22.5. The summed E-state index contributed by atoms with van der Waals surface area (Å²) in [7, 11) is 0. The van der Waals surface area contributed by atoms with Gasteiger partial charge in [0.15, 0.2) is 6.61 Å². The van der Waals surface area contributed by atoms with Crippen LogP contribution in [-0.4, -0.2) is 51.4 Å². The minimum Gasteiger partial charge on any atom is -0.456 e. The molecule has 1 N–H and O–H groups in total. The van der Waals surface area contributed by atoms with Crippen molar-refractivity contribution >= 4 is 61.2 Å². The number of likely N-dealkylation sites (tertiary alicyclic amines) is 1. The van der Waals surface area contributed by atoms with E-state index in [0.29, 0.717) is 5.69 Å². The van der Waals surface area contributed by atoms with Crippen LogP contribution >= 0.6 is 31.9 Å². The Morgan fingerprint density at radius 1 is 1.10 bits per heavy atom. The van der Waals surface area contributed by atoms with Crippen molar-refractivity contribution in [2.45, 2.75) is 36.3 Å². The first-order chi connectivity index (χ1) is 14.7. The van der Waals surface area contributed by atoms with E-state index in [1.54, 1.807) is 0 Å². The minimum absolute atomic E-state index is 0.0124. The predicted molar refractivity (Wildman–Crippen MR) is 121 cm³/mol. The molecule has 2 saturated carbocycles. The quantitative estimate of drug-likeness (QED) is 0.331. The van der Waals surface area contributed by atoms with Crippen LogP contribution in [0.1, 0.15) is 24.0 Å². The lowest BCUT2D eigenvalue weighted by Crippen LogP contribution is -2.37. The molecule has 3 aliphatic rings. The second-order valence-electron chi connectivity index (χ2n) is 8.61. The van der Waals surface area contributed by atoms with Gasteiger partial charge in [0.1, 0.15) is 0 Å². The van der Waals surface area contributed by atoms with Crippen molar-refractivity contribution in [2.24, 2.45) is 23.7 Å². The molecule has 1 saturated heterocycles. The molecule has 1 heterocycles. The van der Waals surface area contributed by atoms with Crippen LogP contribution in [0.2, 0.25) is 0 Å². The van der Waals surface area contributed by atoms with Crippen LogP contribution in [0.15, 0.2) is 18.2 Å². The number of ether oxygens (including phenoxy) is 1. The Labute approximate surface area is 197 Å². The molecule has 3 fully saturated rings. The number of rotatable bonds is 6. The van der Waals surface area contributed by atoms with Crippen molar-refractivity contribution in [3.8, 4) is 0 Å². The third kappa shape index (κ3) is 4.06. The molecule has 166 valence electrons. The molecule has 9 heteroatoms. The monoisotopic (exact) mass is 554 g/mol. The summed E-state index contributed by atoms with van der Waals surface area (Å²) in [6.45, 7) is 3.37. The zero-order valence-corrected chi connectivity index (χ0v) is 20.4. The van der Waals surface area contributed by atoms with Gasteiger partial charge in [-0.25, -0.2) is 0 Å². The molecule has 31 heavy (non-hydrogen) atoms. The smallest absolute Gasteiger partial charge is 0.308 e. The van der Waals surface area contributed by atoms with E-state index >= 15 is 0 Å². The molecule has 6 atom stereocenters. The summed E-state index contributed by atoms with van der Waals surface area (Å²) in [6, 6.07) is 5.69. The highest BCUT2D eigenvalue weighted by Gasteiger charge is 2.66. The molecule has 0 unspecified atom stereocenters. The molecule has 1 aliphatic heterocycles. The Kier molecular flexibility index (Phi) is 6.27. The Morgan fingerprint density at radius 3 is 2.32 bits per heavy atom. The molecule has 0 radical (unpaired) electrons. The fourth-order valence-corrected chi connectivity index (χ4v) is 6.98. The van der Waals surface area contributed by atoms with Gasteiger partial charge in [-0.3, -0.25) is 24.1 Å². The summed E-state index contributed by atoms with van der Waals surface area (Å²) in [4.78, 5) is 51.4. The maximum Gasteiger partial charge on any atom is 0.308 e. The summed E-state index contributed by atoms with van der Waals surface area (Å²) in [5.74, 6) is -1.74. The number of hydrogen-bond acceptors (Lipinski definition) is 5. The van der Waals surface area contributed by atoms with Gasteiger partial charge in [-0.15, -0.1) is 0 Å². The number of imide groups is 1. The molecule has 1 aromatic carbocycles. The van der Waals surface area contributed by atoms with Crippen molar-refractivity contribution in [1.29, 1.82) is 0 Å². The summed E-state index contributed by atoms with van der Waals surface area (Å²) >= 11 is 7.30. The molecule has 3 amide bonds. The number of fused-ring (bicyclic) bond motifs is 5. The Morgan fingerprint density at radius 2 is 1.71 bits per heavy atom. The largest absolute Gasteiger partial charge is 0.456 e. The number of aryl methyl sites for hydroxylation is 2. The first-order valence-electron chi connectivity index (χ1n) is 10.3. The van der Waals surface area contributed by atoms with Crippen molar-refractivity contribution in [3.05, 3.63) is 29.3 Å². The Balaban J connectivity index is 1.27. The SMILES string of the molecule is Cc1ccc(C)c(NC(=O)COC(=O)CCN2C(=O)[C@@H]3[C@H]4C[C@@H]([C@@H](Br)[C@H]4Br)[C@H]3C2=O)c1. The number of halogens is 2. The van der Waals surface area contributed by atoms with Crippen LogP contribution in [0, 0.1) is 37.5 Å². The molecular formula is C22H24Br2N2O5. The van der Waals surface area contributed by atoms with Gasteiger partial charge in [-0.1, -0.05) is 44.0 Å². The second-order valence-corrected chi connectivity index (χ2v) is 10.7. The lowest BCUT2D eigenvalue weighted by Gasteiger charge is -2.28. The Hall–Kier alpha value is -1.74. The van der Waals surface area contributed by atoms with Gasteiger partial charge in [-0.2, -0.15) is 0 Å². The predicted octanol–water partition coefficient (Wildman–Crippen LogP) is 2.95. The van der Waals surface area contributed by atoms with Gasteiger partial charge in [-0.05, 0) is 49.3 Å². The third-order valence-electron chi connectivity index (χ3n) is 6.65. The van der Waals surface area contributed by atoms with E-state index in [1.165, 1.54) is 4.90 Å². The summed E-state index contributed by atoms with van der Waals surface area (Å²) in [5.41, 5.74) is 2.59. The summed E-state index contributed by atoms with van der Waals surface area (Å²) in [6.07, 6.45) is 0.739. The van der Waals surface area contributed by atoms with Crippen molar-refractivity contribution in [2.75, 3.05) is 18.5 Å². The first-order valence-corrected chi connectivity index (χ1v) is 12.2. The van der Waals surface area contributed by atoms with E-state index < -0.39 is 18.5 Å². The summed E-state index contributed by atoms with van der Waals surface area (Å²) in [5, 5.41) is 2.73. The molecule has 1 aromatic rings. The van der Waals surface area contributed by atoms with Crippen LogP contribution in [-0.2, 0) is 23.9 Å². The number of nitrogens with one attached hydrogen (secondary N) is 1. The van der Waals surface area contributed by atoms with Gasteiger partial charge in [0.05, 0.1) is 18.3 Å². The molecule has 4 rings (SSSR count). The van der Waals surface area contributed by atoms with Crippen LogP contribution in [0.5, 0.6) is 0 Å². The van der Waals surface area contributed by atoms with Crippen LogP contribution < -0.4 is 5.32 Å². The molecular weight excluding hydrogens is 532 g/mol. The number of amides is 3. The zero-order chi connectivity index (χ0) is 22.4. The Bertz CT molecular complexity index is 920. The standard InChI is InChI=1S/C22H24Br2N2O5/c1-10-3-4-11(2)14(7-10)25-15(27)9-31-16(28)5-6-26-21(29)17-12-8-13(18(17)22(26)30)20(24)19(12)23/h3-4,7,12-13,17-20H,5-6,8-9H2,1-2H3,(H,25,27)/t12-,13-,17-,18-,19-,20+/m1/s1. The number of hydrogen-bond donors (Lipinski definition) is 1. The highest BCUT2D eigenvalue weighted by molar-refractivity contribution is 9.12. The average molecular weight is 556 g/mol.